The van der Waals surface area contributed by atoms with Crippen LogP contribution in [0, 0.1) is 6.92 Å². The Balaban J connectivity index is 2.00. The molecule has 0 atom stereocenters. The normalized spacial score (nSPS) is 15.2. The molecule has 0 aliphatic carbocycles. The van der Waals surface area contributed by atoms with Crippen molar-refractivity contribution < 1.29 is 24.2 Å². The number of benzene rings is 2. The molecule has 1 fully saturated rings. The van der Waals surface area contributed by atoms with E-state index in [0.29, 0.717) is 37.5 Å². The predicted octanol–water partition coefficient (Wildman–Crippen LogP) is 4.12. The van der Waals surface area contributed by atoms with E-state index < -0.39 is 5.97 Å². The molecule has 8 heteroatoms. The minimum absolute atomic E-state index is 0.130. The highest BCUT2D eigenvalue weighted by atomic mass is 32.2. The Kier molecular flexibility index (Phi) is 5.71. The molecule has 2 aromatic rings. The minimum Gasteiger partial charge on any atom is -0.493 e. The number of carboxylic acids is 1. The molecule has 1 aliphatic rings. The van der Waals surface area contributed by atoms with Crippen LogP contribution >= 0.6 is 24.0 Å². The fraction of sp³-hybridized carbons (Fsp3) is 0.150. The number of carbonyl (C=O) groups is 2. The van der Waals surface area contributed by atoms with Crippen molar-refractivity contribution in [2.75, 3.05) is 19.1 Å². The number of thioether (sulfide) groups is 1. The van der Waals surface area contributed by atoms with E-state index in [9.17, 15) is 14.7 Å². The van der Waals surface area contributed by atoms with Crippen LogP contribution in [0.25, 0.3) is 6.08 Å². The first kappa shape index (κ1) is 19.9. The molecule has 0 bridgehead atoms. The number of carbonyl (C=O) groups excluding carboxylic acids is 1. The van der Waals surface area contributed by atoms with E-state index in [1.807, 2.05) is 6.07 Å². The second-order valence-corrected chi connectivity index (χ2v) is 7.58. The Hall–Kier alpha value is -2.84. The molecule has 0 radical (unpaired) electrons. The van der Waals surface area contributed by atoms with Gasteiger partial charge < -0.3 is 14.6 Å². The molecule has 1 amide bonds. The number of hydrogen-bond donors (Lipinski definition) is 1. The Morgan fingerprint density at radius 2 is 1.96 bits per heavy atom. The van der Waals surface area contributed by atoms with Crippen LogP contribution in [0.5, 0.6) is 11.5 Å². The molecule has 6 nitrogen and oxygen atoms in total. The number of rotatable bonds is 5. The standard InChI is InChI=1S/C20H17NO5S2/c1-11-7-8-13(10-14(11)19(23)24)21-18(22)16(28-20(21)27)9-12-5-4-6-15(25-2)17(12)26-3/h4-10H,1-3H3,(H,23,24)/b16-9-. The molecule has 0 unspecified atom stereocenters. The zero-order chi connectivity index (χ0) is 20.4. The van der Waals surface area contributed by atoms with Crippen molar-refractivity contribution in [3.05, 3.63) is 58.0 Å². The quantitative estimate of drug-likeness (QED) is 0.582. The first-order valence-electron chi connectivity index (χ1n) is 8.20. The zero-order valence-corrected chi connectivity index (χ0v) is 17.0. The van der Waals surface area contributed by atoms with Gasteiger partial charge in [0.05, 0.1) is 30.4 Å². The summed E-state index contributed by atoms with van der Waals surface area (Å²) in [5.74, 6) is -0.309. The largest absolute Gasteiger partial charge is 0.493 e. The maximum Gasteiger partial charge on any atom is 0.336 e. The lowest BCUT2D eigenvalue weighted by atomic mass is 10.1. The van der Waals surface area contributed by atoms with Crippen LogP contribution < -0.4 is 14.4 Å². The molecular formula is C20H17NO5S2. The molecule has 0 spiro atoms. The molecule has 0 saturated carbocycles. The van der Waals surface area contributed by atoms with E-state index in [1.165, 1.54) is 18.1 Å². The van der Waals surface area contributed by atoms with Gasteiger partial charge in [0.15, 0.2) is 15.8 Å². The number of hydrogen-bond acceptors (Lipinski definition) is 6. The monoisotopic (exact) mass is 415 g/mol. The van der Waals surface area contributed by atoms with Crippen LogP contribution in [0.15, 0.2) is 41.3 Å². The van der Waals surface area contributed by atoms with Gasteiger partial charge in [-0.2, -0.15) is 0 Å². The van der Waals surface area contributed by atoms with Gasteiger partial charge in [0.25, 0.3) is 5.91 Å². The predicted molar refractivity (Wildman–Crippen MR) is 113 cm³/mol. The van der Waals surface area contributed by atoms with E-state index >= 15 is 0 Å². The molecule has 1 aliphatic heterocycles. The van der Waals surface area contributed by atoms with Crippen LogP contribution in [-0.4, -0.2) is 35.5 Å². The summed E-state index contributed by atoms with van der Waals surface area (Å²) >= 11 is 6.52. The summed E-state index contributed by atoms with van der Waals surface area (Å²) in [6, 6.07) is 10.2. The average molecular weight is 415 g/mol. The lowest BCUT2D eigenvalue weighted by Crippen LogP contribution is -2.27. The second kappa shape index (κ2) is 8.04. The van der Waals surface area contributed by atoms with Gasteiger partial charge in [-0.25, -0.2) is 4.79 Å². The lowest BCUT2D eigenvalue weighted by Gasteiger charge is -2.16. The summed E-state index contributed by atoms with van der Waals surface area (Å²) in [6.07, 6.45) is 1.69. The molecule has 144 valence electrons. The molecule has 1 heterocycles. The van der Waals surface area contributed by atoms with Crippen molar-refractivity contribution in [1.82, 2.24) is 0 Å². The number of ether oxygens (including phenoxy) is 2. The van der Waals surface area contributed by atoms with Crippen molar-refractivity contribution in [2.24, 2.45) is 0 Å². The zero-order valence-electron chi connectivity index (χ0n) is 15.4. The average Bonchev–Trinajstić information content (AvgIpc) is 2.95. The van der Waals surface area contributed by atoms with Crippen molar-refractivity contribution >= 4 is 51.9 Å². The maximum absolute atomic E-state index is 13.0. The summed E-state index contributed by atoms with van der Waals surface area (Å²) < 4.78 is 11.0. The Bertz CT molecular complexity index is 1020. The third-order valence-corrected chi connectivity index (χ3v) is 5.53. The third kappa shape index (κ3) is 3.61. The SMILES string of the molecule is COc1cccc(/C=C2\SC(=S)N(c3ccc(C)c(C(=O)O)c3)C2=O)c1OC. The van der Waals surface area contributed by atoms with Gasteiger partial charge in [-0.05, 0) is 36.8 Å². The number of para-hydroxylation sites is 1. The molecule has 1 N–H and O–H groups in total. The number of thiocarbonyl (C=S) groups is 1. The second-order valence-electron chi connectivity index (χ2n) is 5.90. The van der Waals surface area contributed by atoms with Gasteiger partial charge >= 0.3 is 5.97 Å². The maximum atomic E-state index is 13.0. The van der Waals surface area contributed by atoms with Gasteiger partial charge in [0.1, 0.15) is 0 Å². The number of carboxylic acid groups (broad SMARTS) is 1. The van der Waals surface area contributed by atoms with Crippen LogP contribution in [0.1, 0.15) is 21.5 Å². The fourth-order valence-electron chi connectivity index (χ4n) is 2.84. The van der Waals surface area contributed by atoms with E-state index in [-0.39, 0.29) is 11.5 Å². The molecule has 2 aromatic carbocycles. The molecule has 0 aromatic heterocycles. The number of nitrogens with zero attached hydrogens (tertiary/aromatic N) is 1. The van der Waals surface area contributed by atoms with Crippen LogP contribution in [-0.2, 0) is 4.79 Å². The number of aryl methyl sites for hydroxylation is 1. The smallest absolute Gasteiger partial charge is 0.336 e. The van der Waals surface area contributed by atoms with Crippen LogP contribution in [0.3, 0.4) is 0 Å². The van der Waals surface area contributed by atoms with Crippen molar-refractivity contribution in [2.45, 2.75) is 6.92 Å². The van der Waals surface area contributed by atoms with Gasteiger partial charge in [-0.1, -0.05) is 42.2 Å². The first-order valence-corrected chi connectivity index (χ1v) is 9.42. The summed E-state index contributed by atoms with van der Waals surface area (Å²) in [5, 5.41) is 9.34. The topological polar surface area (TPSA) is 76.1 Å². The highest BCUT2D eigenvalue weighted by Gasteiger charge is 2.34. The Labute approximate surface area is 171 Å². The molecule has 28 heavy (non-hydrogen) atoms. The van der Waals surface area contributed by atoms with Crippen molar-refractivity contribution in [3.63, 3.8) is 0 Å². The lowest BCUT2D eigenvalue weighted by molar-refractivity contribution is -0.113. The summed E-state index contributed by atoms with van der Waals surface area (Å²) in [6.45, 7) is 1.70. The highest BCUT2D eigenvalue weighted by molar-refractivity contribution is 8.27. The summed E-state index contributed by atoms with van der Waals surface area (Å²) in [5.41, 5.74) is 1.84. The summed E-state index contributed by atoms with van der Waals surface area (Å²) in [7, 11) is 3.07. The number of methoxy groups -OCH3 is 2. The van der Waals surface area contributed by atoms with Crippen LogP contribution in [0.2, 0.25) is 0 Å². The van der Waals surface area contributed by atoms with E-state index in [2.05, 4.69) is 0 Å². The van der Waals surface area contributed by atoms with E-state index in [1.54, 1.807) is 44.4 Å². The molecular weight excluding hydrogens is 398 g/mol. The van der Waals surface area contributed by atoms with Gasteiger partial charge in [-0.3, -0.25) is 9.69 Å². The first-order chi connectivity index (χ1) is 13.4. The van der Waals surface area contributed by atoms with Gasteiger partial charge in [-0.15, -0.1) is 0 Å². The number of aromatic carboxylic acids is 1. The Morgan fingerprint density at radius 3 is 2.61 bits per heavy atom. The fourth-order valence-corrected chi connectivity index (χ4v) is 4.13. The summed E-state index contributed by atoms with van der Waals surface area (Å²) in [4.78, 5) is 26.1. The Morgan fingerprint density at radius 1 is 1.21 bits per heavy atom. The number of amides is 1. The van der Waals surface area contributed by atoms with Crippen molar-refractivity contribution in [1.29, 1.82) is 0 Å². The van der Waals surface area contributed by atoms with Crippen molar-refractivity contribution in [3.8, 4) is 11.5 Å². The van der Waals surface area contributed by atoms with E-state index in [0.717, 1.165) is 11.8 Å². The molecule has 1 saturated heterocycles. The van der Waals surface area contributed by atoms with Crippen LogP contribution in [0.4, 0.5) is 5.69 Å². The molecule has 3 rings (SSSR count). The van der Waals surface area contributed by atoms with Gasteiger partial charge in [0, 0.05) is 5.56 Å². The minimum atomic E-state index is -1.05. The highest BCUT2D eigenvalue weighted by Crippen LogP contribution is 2.39. The number of anilines is 1. The third-order valence-electron chi connectivity index (χ3n) is 4.22. The van der Waals surface area contributed by atoms with Gasteiger partial charge in [0.2, 0.25) is 0 Å². The van der Waals surface area contributed by atoms with E-state index in [4.69, 9.17) is 21.7 Å².